The van der Waals surface area contributed by atoms with Crippen molar-refractivity contribution in [3.63, 3.8) is 0 Å². The maximum absolute atomic E-state index is 13.2. The van der Waals surface area contributed by atoms with E-state index in [1.807, 2.05) is 0 Å². The number of nitrogens with one attached hydrogen (secondary N) is 2. The number of hydrogen-bond acceptors (Lipinski definition) is 5. The number of furan rings is 1. The van der Waals surface area contributed by atoms with Crippen molar-refractivity contribution in [3.05, 3.63) is 71.7 Å². The number of anilines is 1. The van der Waals surface area contributed by atoms with E-state index >= 15 is 0 Å². The van der Waals surface area contributed by atoms with Crippen LogP contribution < -0.4 is 15.4 Å². The van der Waals surface area contributed by atoms with Crippen LogP contribution in [0.5, 0.6) is 5.75 Å². The Morgan fingerprint density at radius 1 is 1.21 bits per heavy atom. The van der Waals surface area contributed by atoms with Crippen LogP contribution in [0.25, 0.3) is 11.3 Å². The number of aliphatic hydroxyl groups is 1. The summed E-state index contributed by atoms with van der Waals surface area (Å²) in [5.41, 5.74) is 1.44. The Morgan fingerprint density at radius 2 is 2.04 bits per heavy atom. The van der Waals surface area contributed by atoms with Crippen LogP contribution in [-0.2, 0) is 6.61 Å². The van der Waals surface area contributed by atoms with E-state index in [1.165, 1.54) is 25.3 Å². The number of amides is 1. The molecule has 3 N–H and O–H groups in total. The zero-order valence-corrected chi connectivity index (χ0v) is 15.7. The van der Waals surface area contributed by atoms with Crippen molar-refractivity contribution < 1.29 is 23.4 Å². The van der Waals surface area contributed by atoms with E-state index in [0.29, 0.717) is 28.5 Å². The van der Waals surface area contributed by atoms with E-state index in [0.717, 1.165) is 6.07 Å². The van der Waals surface area contributed by atoms with E-state index in [4.69, 9.17) is 26.5 Å². The summed E-state index contributed by atoms with van der Waals surface area (Å²) in [6.07, 6.45) is 0. The summed E-state index contributed by atoms with van der Waals surface area (Å²) in [7, 11) is 1.52. The predicted molar refractivity (Wildman–Crippen MR) is 107 cm³/mol. The van der Waals surface area contributed by atoms with Gasteiger partial charge in [-0.15, -0.1) is 0 Å². The van der Waals surface area contributed by atoms with Crippen LogP contribution in [0.4, 0.5) is 10.1 Å². The van der Waals surface area contributed by atoms with Crippen molar-refractivity contribution in [2.75, 3.05) is 12.4 Å². The Labute approximate surface area is 165 Å². The van der Waals surface area contributed by atoms with Gasteiger partial charge in [0.25, 0.3) is 5.91 Å². The number of carbonyl (C=O) groups is 1. The highest BCUT2D eigenvalue weighted by atomic mass is 32.1. The summed E-state index contributed by atoms with van der Waals surface area (Å²) in [6, 6.07) is 13.9. The minimum absolute atomic E-state index is 0.0598. The monoisotopic (exact) mass is 400 g/mol. The first-order valence-electron chi connectivity index (χ1n) is 8.26. The number of halogens is 1. The smallest absolute Gasteiger partial charge is 0.257 e. The molecule has 28 heavy (non-hydrogen) atoms. The molecule has 0 radical (unpaired) electrons. The minimum Gasteiger partial charge on any atom is -0.496 e. The summed E-state index contributed by atoms with van der Waals surface area (Å²) in [4.78, 5) is 12.1. The van der Waals surface area contributed by atoms with Crippen molar-refractivity contribution >= 4 is 28.9 Å². The molecule has 0 saturated heterocycles. The Balaban J connectivity index is 1.71. The Morgan fingerprint density at radius 3 is 2.71 bits per heavy atom. The van der Waals surface area contributed by atoms with Gasteiger partial charge in [-0.05, 0) is 54.7 Å². The molecule has 0 atom stereocenters. The largest absolute Gasteiger partial charge is 0.496 e. The van der Waals surface area contributed by atoms with Gasteiger partial charge in [0.05, 0.1) is 12.7 Å². The lowest BCUT2D eigenvalue weighted by molar-refractivity contribution is 0.0977. The normalized spacial score (nSPS) is 10.4. The lowest BCUT2D eigenvalue weighted by Crippen LogP contribution is -2.34. The van der Waals surface area contributed by atoms with Crippen LogP contribution >= 0.6 is 12.2 Å². The molecule has 0 unspecified atom stereocenters. The Kier molecular flexibility index (Phi) is 6.03. The van der Waals surface area contributed by atoms with Gasteiger partial charge in [0.1, 0.15) is 29.7 Å². The van der Waals surface area contributed by atoms with E-state index < -0.39 is 11.7 Å². The maximum Gasteiger partial charge on any atom is 0.257 e. The third kappa shape index (κ3) is 4.54. The summed E-state index contributed by atoms with van der Waals surface area (Å²) >= 11 is 5.15. The summed E-state index contributed by atoms with van der Waals surface area (Å²) < 4.78 is 24.2. The fourth-order valence-corrected chi connectivity index (χ4v) is 2.76. The standard InChI is InChI=1S/C20H17FN2O4S/c1-26-18-10-14(5-7-16(18)17-8-6-15(11-24)27-17)22-20(28)23-19(25)12-3-2-4-13(21)9-12/h2-10,24H,11H2,1H3,(H2,22,23,25,28). The summed E-state index contributed by atoms with van der Waals surface area (Å²) in [5.74, 6) is 0.486. The van der Waals surface area contributed by atoms with E-state index in [-0.39, 0.29) is 17.3 Å². The third-order valence-electron chi connectivity index (χ3n) is 3.86. The Hall–Kier alpha value is -3.23. The minimum atomic E-state index is -0.521. The molecule has 3 aromatic rings. The van der Waals surface area contributed by atoms with Crippen LogP contribution in [-0.4, -0.2) is 23.2 Å². The van der Waals surface area contributed by atoms with Gasteiger partial charge < -0.3 is 19.6 Å². The molecule has 144 valence electrons. The highest BCUT2D eigenvalue weighted by molar-refractivity contribution is 7.80. The van der Waals surface area contributed by atoms with Crippen LogP contribution in [0.1, 0.15) is 16.1 Å². The fraction of sp³-hybridized carbons (Fsp3) is 0.100. The van der Waals surface area contributed by atoms with Gasteiger partial charge in [0.2, 0.25) is 0 Å². The molecule has 0 aliphatic heterocycles. The van der Waals surface area contributed by atoms with Crippen molar-refractivity contribution in [1.82, 2.24) is 5.32 Å². The molecule has 0 fully saturated rings. The van der Waals surface area contributed by atoms with Gasteiger partial charge in [-0.1, -0.05) is 6.07 Å². The van der Waals surface area contributed by atoms with Crippen LogP contribution in [0.15, 0.2) is 59.0 Å². The first-order chi connectivity index (χ1) is 13.5. The molecule has 1 heterocycles. The third-order valence-corrected chi connectivity index (χ3v) is 4.06. The first kappa shape index (κ1) is 19.5. The van der Waals surface area contributed by atoms with Crippen molar-refractivity contribution in [1.29, 1.82) is 0 Å². The SMILES string of the molecule is COc1cc(NC(=S)NC(=O)c2cccc(F)c2)ccc1-c1ccc(CO)o1. The topological polar surface area (TPSA) is 83.7 Å². The number of hydrogen-bond donors (Lipinski definition) is 3. The molecule has 0 saturated carbocycles. The number of methoxy groups -OCH3 is 1. The molecule has 3 rings (SSSR count). The van der Waals surface area contributed by atoms with E-state index in [1.54, 1.807) is 30.3 Å². The van der Waals surface area contributed by atoms with Gasteiger partial charge >= 0.3 is 0 Å². The number of ether oxygens (including phenoxy) is 1. The van der Waals surface area contributed by atoms with Crippen LogP contribution in [0.3, 0.4) is 0 Å². The second kappa shape index (κ2) is 8.64. The predicted octanol–water partition coefficient (Wildman–Crippen LogP) is 3.71. The zero-order chi connectivity index (χ0) is 20.1. The maximum atomic E-state index is 13.2. The molecule has 0 aliphatic rings. The number of thiocarbonyl (C=S) groups is 1. The van der Waals surface area contributed by atoms with Gasteiger partial charge in [-0.2, -0.15) is 0 Å². The first-order valence-corrected chi connectivity index (χ1v) is 8.67. The second-order valence-electron chi connectivity index (χ2n) is 5.76. The molecule has 6 nitrogen and oxygen atoms in total. The summed E-state index contributed by atoms with van der Waals surface area (Å²) in [5, 5.41) is 14.6. The van der Waals surface area contributed by atoms with Crippen molar-refractivity contribution in [2.45, 2.75) is 6.61 Å². The lowest BCUT2D eigenvalue weighted by atomic mass is 10.1. The zero-order valence-electron chi connectivity index (χ0n) is 14.9. The van der Waals surface area contributed by atoms with E-state index in [2.05, 4.69) is 10.6 Å². The quantitative estimate of drug-likeness (QED) is 0.567. The molecule has 8 heteroatoms. The highest BCUT2D eigenvalue weighted by Crippen LogP contribution is 2.33. The van der Waals surface area contributed by atoms with Gasteiger partial charge in [0, 0.05) is 17.3 Å². The van der Waals surface area contributed by atoms with Crippen molar-refractivity contribution in [3.8, 4) is 17.1 Å². The number of rotatable bonds is 5. The second-order valence-corrected chi connectivity index (χ2v) is 6.17. The number of carbonyl (C=O) groups excluding carboxylic acids is 1. The molecule has 2 aromatic carbocycles. The molecule has 0 aliphatic carbocycles. The van der Waals surface area contributed by atoms with Gasteiger partial charge in [0.15, 0.2) is 5.11 Å². The number of benzene rings is 2. The van der Waals surface area contributed by atoms with Crippen LogP contribution in [0.2, 0.25) is 0 Å². The molecule has 0 bridgehead atoms. The number of aliphatic hydroxyl groups excluding tert-OH is 1. The molecule has 0 spiro atoms. The average molecular weight is 400 g/mol. The Bertz CT molecular complexity index is 1020. The fourth-order valence-electron chi connectivity index (χ4n) is 2.55. The van der Waals surface area contributed by atoms with Gasteiger partial charge in [-0.3, -0.25) is 10.1 Å². The molecule has 1 amide bonds. The average Bonchev–Trinajstić information content (AvgIpc) is 3.16. The lowest BCUT2D eigenvalue weighted by Gasteiger charge is -2.12. The van der Waals surface area contributed by atoms with Crippen molar-refractivity contribution in [2.24, 2.45) is 0 Å². The molecular weight excluding hydrogens is 383 g/mol. The molecule has 1 aromatic heterocycles. The van der Waals surface area contributed by atoms with E-state index in [9.17, 15) is 9.18 Å². The highest BCUT2D eigenvalue weighted by Gasteiger charge is 2.13. The van der Waals surface area contributed by atoms with Gasteiger partial charge in [-0.25, -0.2) is 4.39 Å². The molecular formula is C20H17FN2O4S. The van der Waals surface area contributed by atoms with Crippen LogP contribution in [0, 0.1) is 5.82 Å². The summed E-state index contributed by atoms with van der Waals surface area (Å²) in [6.45, 7) is -0.193.